The molecular weight excluding hydrogens is 326 g/mol. The van der Waals surface area contributed by atoms with Crippen molar-refractivity contribution in [3.63, 3.8) is 0 Å². The lowest BCUT2D eigenvalue weighted by Crippen LogP contribution is -2.28. The fraction of sp³-hybridized carbons (Fsp3) is 0.222. The lowest BCUT2D eigenvalue weighted by atomic mass is 10.2. The van der Waals surface area contributed by atoms with Crippen molar-refractivity contribution < 1.29 is 28.5 Å². The van der Waals surface area contributed by atoms with E-state index in [9.17, 15) is 9.59 Å². The van der Waals surface area contributed by atoms with Crippen molar-refractivity contribution in [2.75, 3.05) is 20.5 Å². The number of aldehydes is 1. The van der Waals surface area contributed by atoms with Crippen LogP contribution < -0.4 is 24.3 Å². The number of methoxy groups -OCH3 is 1. The summed E-state index contributed by atoms with van der Waals surface area (Å²) in [6.45, 7) is 0.347. The van der Waals surface area contributed by atoms with E-state index in [4.69, 9.17) is 18.9 Å². The molecule has 0 unspecified atom stereocenters. The van der Waals surface area contributed by atoms with Gasteiger partial charge in [-0.1, -0.05) is 6.07 Å². The van der Waals surface area contributed by atoms with Crippen molar-refractivity contribution in [1.82, 2.24) is 5.32 Å². The number of rotatable bonds is 7. The van der Waals surface area contributed by atoms with Crippen LogP contribution in [0.15, 0.2) is 36.4 Å². The van der Waals surface area contributed by atoms with Crippen LogP contribution in [0.3, 0.4) is 0 Å². The van der Waals surface area contributed by atoms with E-state index in [1.165, 1.54) is 7.11 Å². The first-order valence-corrected chi connectivity index (χ1v) is 7.61. The summed E-state index contributed by atoms with van der Waals surface area (Å²) in [5.74, 6) is 1.93. The molecule has 25 heavy (non-hydrogen) atoms. The van der Waals surface area contributed by atoms with Gasteiger partial charge in [0.2, 0.25) is 6.79 Å². The number of carbonyl (C=O) groups is 2. The summed E-state index contributed by atoms with van der Waals surface area (Å²) in [6.07, 6.45) is 0.655. The number of ether oxygens (including phenoxy) is 4. The van der Waals surface area contributed by atoms with Crippen LogP contribution in [-0.2, 0) is 11.3 Å². The summed E-state index contributed by atoms with van der Waals surface area (Å²) in [5, 5.41) is 2.75. The maximum absolute atomic E-state index is 11.9. The highest BCUT2D eigenvalue weighted by Crippen LogP contribution is 2.32. The number of hydrogen-bond donors (Lipinski definition) is 1. The van der Waals surface area contributed by atoms with Gasteiger partial charge in [-0.2, -0.15) is 0 Å². The molecule has 0 fully saturated rings. The van der Waals surface area contributed by atoms with E-state index in [1.54, 1.807) is 24.3 Å². The van der Waals surface area contributed by atoms with Crippen molar-refractivity contribution in [1.29, 1.82) is 0 Å². The van der Waals surface area contributed by atoms with E-state index in [1.807, 2.05) is 12.1 Å². The molecule has 0 spiro atoms. The van der Waals surface area contributed by atoms with E-state index in [0.29, 0.717) is 41.4 Å². The smallest absolute Gasteiger partial charge is 0.258 e. The third-order valence-electron chi connectivity index (χ3n) is 3.63. The highest BCUT2D eigenvalue weighted by Gasteiger charge is 2.13. The van der Waals surface area contributed by atoms with Crippen molar-refractivity contribution in [3.05, 3.63) is 47.5 Å². The van der Waals surface area contributed by atoms with Gasteiger partial charge in [-0.25, -0.2) is 0 Å². The maximum Gasteiger partial charge on any atom is 0.258 e. The first-order chi connectivity index (χ1) is 12.2. The zero-order valence-corrected chi connectivity index (χ0v) is 13.6. The monoisotopic (exact) mass is 343 g/mol. The lowest BCUT2D eigenvalue weighted by molar-refractivity contribution is -0.123. The Morgan fingerprint density at radius 3 is 2.84 bits per heavy atom. The summed E-state index contributed by atoms with van der Waals surface area (Å²) in [6, 6.07) is 10.3. The topological polar surface area (TPSA) is 83.1 Å². The zero-order valence-electron chi connectivity index (χ0n) is 13.6. The maximum atomic E-state index is 11.9. The van der Waals surface area contributed by atoms with Gasteiger partial charge in [0, 0.05) is 6.54 Å². The average Bonchev–Trinajstić information content (AvgIpc) is 3.12. The van der Waals surface area contributed by atoms with Crippen LogP contribution in [0, 0.1) is 0 Å². The van der Waals surface area contributed by atoms with Crippen LogP contribution in [-0.4, -0.2) is 32.7 Å². The Labute approximate surface area is 144 Å². The largest absolute Gasteiger partial charge is 0.497 e. The number of fused-ring (bicyclic) bond motifs is 1. The molecule has 2 aromatic carbocycles. The Morgan fingerprint density at radius 1 is 1.20 bits per heavy atom. The first-order valence-electron chi connectivity index (χ1n) is 7.61. The van der Waals surface area contributed by atoms with Gasteiger partial charge >= 0.3 is 0 Å². The Balaban J connectivity index is 1.52. The number of nitrogens with one attached hydrogen (secondary N) is 1. The molecule has 3 rings (SSSR count). The zero-order chi connectivity index (χ0) is 17.6. The number of carbonyl (C=O) groups excluding carboxylic acids is 2. The molecular formula is C18H17NO6. The first kappa shape index (κ1) is 16.6. The molecule has 7 heteroatoms. The van der Waals surface area contributed by atoms with Gasteiger partial charge in [0.25, 0.3) is 5.91 Å². The van der Waals surface area contributed by atoms with Crippen LogP contribution in [0.2, 0.25) is 0 Å². The molecule has 0 bridgehead atoms. The number of hydrogen-bond acceptors (Lipinski definition) is 6. The standard InChI is InChI=1S/C18H17NO6/c1-22-14-3-5-15(13(7-14)9-20)23-10-18(21)19-8-12-2-4-16-17(6-12)25-11-24-16/h2-7,9H,8,10-11H2,1H3,(H,19,21). The van der Waals surface area contributed by atoms with Gasteiger partial charge in [-0.05, 0) is 35.9 Å². The second-order valence-corrected chi connectivity index (χ2v) is 5.27. The minimum Gasteiger partial charge on any atom is -0.497 e. The Morgan fingerprint density at radius 2 is 2.04 bits per heavy atom. The molecule has 1 amide bonds. The molecule has 0 aliphatic carbocycles. The summed E-state index contributed by atoms with van der Waals surface area (Å²) in [7, 11) is 1.51. The summed E-state index contributed by atoms with van der Waals surface area (Å²) in [5.41, 5.74) is 1.21. The van der Waals surface area contributed by atoms with Gasteiger partial charge in [0.1, 0.15) is 11.5 Å². The van der Waals surface area contributed by atoms with Crippen LogP contribution in [0.25, 0.3) is 0 Å². The predicted octanol–water partition coefficient (Wildman–Crippen LogP) is 1.93. The van der Waals surface area contributed by atoms with Gasteiger partial charge in [-0.3, -0.25) is 9.59 Å². The Kier molecular flexibility index (Phi) is 5.03. The van der Waals surface area contributed by atoms with E-state index in [-0.39, 0.29) is 19.3 Å². The summed E-state index contributed by atoms with van der Waals surface area (Å²) < 4.78 is 21.0. The van der Waals surface area contributed by atoms with E-state index in [2.05, 4.69) is 5.32 Å². The molecule has 0 radical (unpaired) electrons. The Hall–Kier alpha value is -3.22. The highest BCUT2D eigenvalue weighted by atomic mass is 16.7. The summed E-state index contributed by atoms with van der Waals surface area (Å²) in [4.78, 5) is 23.0. The SMILES string of the molecule is COc1ccc(OCC(=O)NCc2ccc3c(c2)OCO3)c(C=O)c1. The quantitative estimate of drug-likeness (QED) is 0.774. The average molecular weight is 343 g/mol. The van der Waals surface area contributed by atoms with Gasteiger partial charge in [0.05, 0.1) is 12.7 Å². The van der Waals surface area contributed by atoms with E-state index in [0.717, 1.165) is 5.56 Å². The van der Waals surface area contributed by atoms with E-state index < -0.39 is 0 Å². The predicted molar refractivity (Wildman–Crippen MR) is 88.3 cm³/mol. The summed E-state index contributed by atoms with van der Waals surface area (Å²) >= 11 is 0. The third kappa shape index (κ3) is 4.00. The van der Waals surface area contributed by atoms with Crippen molar-refractivity contribution >= 4 is 12.2 Å². The molecule has 1 aliphatic heterocycles. The minimum absolute atomic E-state index is 0.197. The molecule has 0 aromatic heterocycles. The number of benzene rings is 2. The van der Waals surface area contributed by atoms with Crippen LogP contribution in [0.5, 0.6) is 23.0 Å². The molecule has 130 valence electrons. The van der Waals surface area contributed by atoms with Crippen LogP contribution in [0.1, 0.15) is 15.9 Å². The normalized spacial score (nSPS) is 11.7. The van der Waals surface area contributed by atoms with Crippen LogP contribution in [0.4, 0.5) is 0 Å². The lowest BCUT2D eigenvalue weighted by Gasteiger charge is -2.10. The molecule has 1 N–H and O–H groups in total. The molecule has 7 nitrogen and oxygen atoms in total. The second-order valence-electron chi connectivity index (χ2n) is 5.27. The highest BCUT2D eigenvalue weighted by molar-refractivity contribution is 5.81. The van der Waals surface area contributed by atoms with E-state index >= 15 is 0 Å². The molecule has 0 saturated heterocycles. The Bertz CT molecular complexity index is 789. The molecule has 1 aliphatic rings. The molecule has 0 saturated carbocycles. The number of amides is 1. The fourth-order valence-corrected chi connectivity index (χ4v) is 2.32. The molecule has 2 aromatic rings. The second kappa shape index (κ2) is 7.57. The van der Waals surface area contributed by atoms with Gasteiger partial charge < -0.3 is 24.3 Å². The van der Waals surface area contributed by atoms with Crippen molar-refractivity contribution in [2.24, 2.45) is 0 Å². The molecule has 0 atom stereocenters. The van der Waals surface area contributed by atoms with Gasteiger partial charge in [0.15, 0.2) is 24.4 Å². The fourth-order valence-electron chi connectivity index (χ4n) is 2.32. The third-order valence-corrected chi connectivity index (χ3v) is 3.63. The minimum atomic E-state index is -0.301. The van der Waals surface area contributed by atoms with Crippen LogP contribution >= 0.6 is 0 Å². The van der Waals surface area contributed by atoms with Gasteiger partial charge in [-0.15, -0.1) is 0 Å². The molecule has 1 heterocycles. The van der Waals surface area contributed by atoms with Crippen molar-refractivity contribution in [2.45, 2.75) is 6.54 Å². The van der Waals surface area contributed by atoms with Crippen molar-refractivity contribution in [3.8, 4) is 23.0 Å².